The fraction of sp³-hybridized carbons (Fsp3) is 0.250. The van der Waals surface area contributed by atoms with E-state index in [0.717, 1.165) is 16.9 Å². The Morgan fingerprint density at radius 1 is 1.03 bits per heavy atom. The van der Waals surface area contributed by atoms with Crippen LogP contribution in [0.4, 0.5) is 0 Å². The normalized spacial score (nSPS) is 19.2. The maximum Gasteiger partial charge on any atom is 0.255 e. The Balaban J connectivity index is 1.68. The molecule has 186 valence electrons. The molecule has 1 aliphatic heterocycles. The van der Waals surface area contributed by atoms with E-state index in [4.69, 9.17) is 15.3 Å². The SMILES string of the molecule is CON=C1CN(C(=O)c2ccc(-c3ccccc3OC)cc2)C(C[C@H](O)c2ccccc2)(C(N)=O)C1. The van der Waals surface area contributed by atoms with Crippen LogP contribution in [0.25, 0.3) is 11.1 Å². The zero-order valence-electron chi connectivity index (χ0n) is 20.3. The number of rotatable bonds is 8. The molecule has 1 unspecified atom stereocenters. The molecule has 0 bridgehead atoms. The Kier molecular flexibility index (Phi) is 7.36. The van der Waals surface area contributed by atoms with Crippen LogP contribution in [0.3, 0.4) is 0 Å². The summed E-state index contributed by atoms with van der Waals surface area (Å²) in [5.41, 5.74) is 7.72. The summed E-state index contributed by atoms with van der Waals surface area (Å²) in [7, 11) is 3.01. The zero-order valence-corrected chi connectivity index (χ0v) is 20.3. The van der Waals surface area contributed by atoms with Crippen molar-refractivity contribution >= 4 is 17.5 Å². The molecule has 36 heavy (non-hydrogen) atoms. The minimum atomic E-state index is -1.47. The van der Waals surface area contributed by atoms with Gasteiger partial charge in [-0.25, -0.2) is 0 Å². The average molecular weight is 488 g/mol. The van der Waals surface area contributed by atoms with Crippen molar-refractivity contribution in [2.24, 2.45) is 10.9 Å². The van der Waals surface area contributed by atoms with Crippen molar-refractivity contribution < 1.29 is 24.3 Å². The number of hydrogen-bond donors (Lipinski definition) is 2. The number of likely N-dealkylation sites (tertiary alicyclic amines) is 1. The van der Waals surface area contributed by atoms with Crippen molar-refractivity contribution in [3.63, 3.8) is 0 Å². The highest BCUT2D eigenvalue weighted by Crippen LogP contribution is 2.38. The number of methoxy groups -OCH3 is 1. The van der Waals surface area contributed by atoms with Gasteiger partial charge >= 0.3 is 0 Å². The van der Waals surface area contributed by atoms with Crippen LogP contribution in [-0.2, 0) is 9.63 Å². The van der Waals surface area contributed by atoms with E-state index in [2.05, 4.69) is 5.16 Å². The maximum absolute atomic E-state index is 13.7. The summed E-state index contributed by atoms with van der Waals surface area (Å²) < 4.78 is 5.45. The molecule has 1 aliphatic rings. The minimum absolute atomic E-state index is 0.0609. The number of carbonyl (C=O) groups is 2. The fourth-order valence-corrected chi connectivity index (χ4v) is 4.73. The Labute approximate surface area is 209 Å². The molecule has 8 heteroatoms. The predicted octanol–water partition coefficient (Wildman–Crippen LogP) is 3.56. The van der Waals surface area contributed by atoms with Crippen molar-refractivity contribution in [3.8, 4) is 16.9 Å². The Morgan fingerprint density at radius 2 is 1.69 bits per heavy atom. The van der Waals surface area contributed by atoms with Gasteiger partial charge in [0, 0.05) is 24.0 Å². The lowest BCUT2D eigenvalue weighted by Crippen LogP contribution is -2.56. The van der Waals surface area contributed by atoms with Gasteiger partial charge in [0.1, 0.15) is 18.4 Å². The van der Waals surface area contributed by atoms with E-state index >= 15 is 0 Å². The number of ether oxygens (including phenoxy) is 1. The van der Waals surface area contributed by atoms with Crippen LogP contribution >= 0.6 is 0 Å². The van der Waals surface area contributed by atoms with Crippen molar-refractivity contribution in [2.45, 2.75) is 24.5 Å². The van der Waals surface area contributed by atoms with Gasteiger partial charge in [-0.1, -0.05) is 65.8 Å². The van der Waals surface area contributed by atoms with Crippen LogP contribution in [0.2, 0.25) is 0 Å². The number of nitrogens with zero attached hydrogens (tertiary/aromatic N) is 2. The summed E-state index contributed by atoms with van der Waals surface area (Å²) in [4.78, 5) is 33.0. The van der Waals surface area contributed by atoms with E-state index in [-0.39, 0.29) is 25.3 Å². The molecule has 1 fully saturated rings. The molecule has 0 saturated carbocycles. The summed E-state index contributed by atoms with van der Waals surface area (Å²) in [6, 6.07) is 23.6. The third kappa shape index (κ3) is 4.81. The van der Waals surface area contributed by atoms with Gasteiger partial charge in [-0.3, -0.25) is 9.59 Å². The lowest BCUT2D eigenvalue weighted by molar-refractivity contribution is -0.129. The van der Waals surface area contributed by atoms with Crippen LogP contribution in [0.15, 0.2) is 84.0 Å². The Hall–Kier alpha value is -4.17. The highest BCUT2D eigenvalue weighted by Gasteiger charge is 2.52. The predicted molar refractivity (Wildman–Crippen MR) is 136 cm³/mol. The Morgan fingerprint density at radius 3 is 2.33 bits per heavy atom. The van der Waals surface area contributed by atoms with E-state index in [0.29, 0.717) is 16.8 Å². The van der Waals surface area contributed by atoms with Crippen LogP contribution in [0.1, 0.15) is 34.9 Å². The first-order valence-electron chi connectivity index (χ1n) is 11.6. The number of oxime groups is 1. The molecule has 3 aromatic carbocycles. The fourth-order valence-electron chi connectivity index (χ4n) is 4.73. The van der Waals surface area contributed by atoms with Gasteiger partial charge in [0.2, 0.25) is 5.91 Å². The number of carbonyl (C=O) groups excluding carboxylic acids is 2. The molecule has 3 N–H and O–H groups in total. The zero-order chi connectivity index (χ0) is 25.7. The van der Waals surface area contributed by atoms with Gasteiger partial charge in [0.15, 0.2) is 0 Å². The van der Waals surface area contributed by atoms with Gasteiger partial charge in [0.05, 0.1) is 25.5 Å². The lowest BCUT2D eigenvalue weighted by atomic mass is 9.85. The van der Waals surface area contributed by atoms with E-state index in [1.807, 2.05) is 42.5 Å². The van der Waals surface area contributed by atoms with Crippen molar-refractivity contribution in [1.82, 2.24) is 4.90 Å². The smallest absolute Gasteiger partial charge is 0.255 e. The molecule has 1 saturated heterocycles. The van der Waals surface area contributed by atoms with Crippen LogP contribution in [-0.4, -0.2) is 53.8 Å². The molecule has 3 aromatic rings. The van der Waals surface area contributed by atoms with Crippen LogP contribution in [0, 0.1) is 0 Å². The molecule has 0 radical (unpaired) electrons. The Bertz CT molecular complexity index is 1260. The molecule has 0 aromatic heterocycles. The second-order valence-electron chi connectivity index (χ2n) is 8.71. The highest BCUT2D eigenvalue weighted by molar-refractivity contribution is 6.07. The van der Waals surface area contributed by atoms with Crippen molar-refractivity contribution in [1.29, 1.82) is 0 Å². The van der Waals surface area contributed by atoms with Crippen molar-refractivity contribution in [2.75, 3.05) is 20.8 Å². The summed E-state index contributed by atoms with van der Waals surface area (Å²) in [5, 5.41) is 15.0. The number of aliphatic hydroxyl groups is 1. The van der Waals surface area contributed by atoms with Crippen LogP contribution < -0.4 is 10.5 Å². The standard InChI is InChI=1S/C28H29N3O5/c1-35-25-11-7-6-10-23(25)19-12-14-21(15-13-19)26(33)31-18-22(30-36-2)16-28(31,27(29)34)17-24(32)20-8-4-3-5-9-20/h3-15,24,32H,16-18H2,1-2H3,(H2,29,34)/t24-,28?/m0/s1. The lowest BCUT2D eigenvalue weighted by Gasteiger charge is -2.36. The molecule has 4 rings (SSSR count). The molecule has 2 atom stereocenters. The van der Waals surface area contributed by atoms with E-state index in [1.54, 1.807) is 43.5 Å². The van der Waals surface area contributed by atoms with Crippen LogP contribution in [0.5, 0.6) is 5.75 Å². The summed E-state index contributed by atoms with van der Waals surface area (Å²) in [6.45, 7) is 0.0609. The van der Waals surface area contributed by atoms with E-state index < -0.39 is 17.6 Å². The molecule has 0 aliphatic carbocycles. The monoisotopic (exact) mass is 487 g/mol. The number of para-hydroxylation sites is 1. The summed E-state index contributed by atoms with van der Waals surface area (Å²) in [5.74, 6) is -0.376. The number of amides is 2. The number of primary amides is 1. The average Bonchev–Trinajstić information content (AvgIpc) is 3.28. The van der Waals surface area contributed by atoms with Gasteiger partial charge in [-0.15, -0.1) is 0 Å². The second-order valence-corrected chi connectivity index (χ2v) is 8.71. The maximum atomic E-state index is 13.7. The first-order valence-corrected chi connectivity index (χ1v) is 11.6. The molecule has 0 spiro atoms. The summed E-state index contributed by atoms with van der Waals surface area (Å²) >= 11 is 0. The van der Waals surface area contributed by atoms with E-state index in [1.165, 1.54) is 12.0 Å². The summed E-state index contributed by atoms with van der Waals surface area (Å²) in [6.07, 6.45) is -1.01. The first-order chi connectivity index (χ1) is 17.4. The molecule has 2 amide bonds. The quantitative estimate of drug-likeness (QED) is 0.472. The third-order valence-electron chi connectivity index (χ3n) is 6.54. The molecule has 1 heterocycles. The van der Waals surface area contributed by atoms with Gasteiger partial charge in [-0.2, -0.15) is 0 Å². The first kappa shape index (κ1) is 24.9. The largest absolute Gasteiger partial charge is 0.496 e. The molecular formula is C28H29N3O5. The second kappa shape index (κ2) is 10.6. The van der Waals surface area contributed by atoms with Gasteiger partial charge in [0.25, 0.3) is 5.91 Å². The van der Waals surface area contributed by atoms with Crippen molar-refractivity contribution in [3.05, 3.63) is 90.0 Å². The number of benzene rings is 3. The van der Waals surface area contributed by atoms with Gasteiger partial charge in [-0.05, 0) is 29.3 Å². The third-order valence-corrected chi connectivity index (χ3v) is 6.54. The number of hydrogen-bond acceptors (Lipinski definition) is 6. The van der Waals surface area contributed by atoms with Gasteiger partial charge < -0.3 is 25.3 Å². The molecule has 8 nitrogen and oxygen atoms in total. The number of nitrogens with two attached hydrogens (primary N) is 1. The molecular weight excluding hydrogens is 458 g/mol. The number of aliphatic hydroxyl groups excluding tert-OH is 1. The minimum Gasteiger partial charge on any atom is -0.496 e. The topological polar surface area (TPSA) is 114 Å². The van der Waals surface area contributed by atoms with E-state index in [9.17, 15) is 14.7 Å². The highest BCUT2D eigenvalue weighted by atomic mass is 16.6.